The Bertz CT molecular complexity index is 1480. The summed E-state index contributed by atoms with van der Waals surface area (Å²) in [5.41, 5.74) is 1.70. The smallest absolute Gasteiger partial charge is 0.264 e. The number of β-lactam (4-membered cyclic amide) rings is 1. The number of ether oxygens (including phenoxy) is 1. The molecule has 1 saturated heterocycles. The lowest BCUT2D eigenvalue weighted by atomic mass is 9.86. The van der Waals surface area contributed by atoms with Crippen molar-refractivity contribution >= 4 is 81.4 Å². The van der Waals surface area contributed by atoms with E-state index < -0.39 is 29.8 Å². The summed E-state index contributed by atoms with van der Waals surface area (Å²) >= 11 is 31.4. The normalized spacial score (nSPS) is 18.5. The van der Waals surface area contributed by atoms with Gasteiger partial charge in [-0.3, -0.25) is 19.3 Å². The lowest BCUT2D eigenvalue weighted by Gasteiger charge is -2.49. The van der Waals surface area contributed by atoms with E-state index in [4.69, 9.17) is 62.7 Å². The van der Waals surface area contributed by atoms with Gasteiger partial charge in [0.2, 0.25) is 0 Å². The quantitative estimate of drug-likeness (QED) is 0.0872. The Hall–Kier alpha value is -2.48. The van der Waals surface area contributed by atoms with Crippen molar-refractivity contribution in [1.82, 2.24) is 4.90 Å². The van der Waals surface area contributed by atoms with Crippen LogP contribution in [0.15, 0.2) is 42.5 Å². The van der Waals surface area contributed by atoms with Crippen LogP contribution in [0.4, 0.5) is 5.69 Å². The van der Waals surface area contributed by atoms with Crippen molar-refractivity contribution in [2.75, 3.05) is 11.5 Å². The number of halogens is 5. The van der Waals surface area contributed by atoms with Crippen molar-refractivity contribution < 1.29 is 19.1 Å². The molecule has 0 N–H and O–H groups in total. The molecule has 0 aliphatic carbocycles. The molecule has 0 saturated carbocycles. The minimum absolute atomic E-state index is 0.142. The Labute approximate surface area is 250 Å². The van der Waals surface area contributed by atoms with Gasteiger partial charge in [-0.15, -0.1) is 0 Å². The van der Waals surface area contributed by atoms with Gasteiger partial charge in [-0.2, -0.15) is 0 Å². The van der Waals surface area contributed by atoms with E-state index in [0.29, 0.717) is 28.6 Å². The van der Waals surface area contributed by atoms with E-state index in [2.05, 4.69) is 6.92 Å². The fourth-order valence-electron chi connectivity index (χ4n) is 4.79. The summed E-state index contributed by atoms with van der Waals surface area (Å²) < 4.78 is 5.78. The van der Waals surface area contributed by atoms with Crippen LogP contribution in [0, 0.1) is 6.92 Å². The lowest BCUT2D eigenvalue weighted by Crippen LogP contribution is -2.67. The van der Waals surface area contributed by atoms with Crippen LogP contribution in [0.2, 0.25) is 25.1 Å². The van der Waals surface area contributed by atoms with Crippen molar-refractivity contribution in [2.45, 2.75) is 38.8 Å². The first-order chi connectivity index (χ1) is 18.6. The fraction of sp³-hybridized carbons (Fsp3) is 0.250. The first-order valence-electron chi connectivity index (χ1n) is 12.1. The van der Waals surface area contributed by atoms with Crippen LogP contribution < -0.4 is 9.64 Å². The second-order valence-corrected chi connectivity index (χ2v) is 11.2. The Morgan fingerprint density at radius 1 is 0.769 bits per heavy atom. The topological polar surface area (TPSA) is 66.9 Å². The zero-order valence-electron chi connectivity index (χ0n) is 20.7. The molecule has 2 heterocycles. The van der Waals surface area contributed by atoms with Crippen molar-refractivity contribution in [2.24, 2.45) is 0 Å². The monoisotopic (exact) mass is 624 g/mol. The SMILES string of the molecule is CCCCOc1ccc([C@@H]2[C@@H](N3C(=O)c4c(Cl)c(Cl)c(Cl)c(Cl)c4C3=O)C(=O)N2c2ccc(C)c(Cl)c2)cc1. The maximum Gasteiger partial charge on any atom is 0.264 e. The summed E-state index contributed by atoms with van der Waals surface area (Å²) in [5.74, 6) is -1.35. The summed E-state index contributed by atoms with van der Waals surface area (Å²) in [6.45, 7) is 4.51. The number of carbonyl (C=O) groups excluding carboxylic acids is 3. The van der Waals surface area contributed by atoms with Crippen LogP contribution in [-0.4, -0.2) is 35.3 Å². The molecule has 202 valence electrons. The molecule has 3 amide bonds. The number of amides is 3. The first kappa shape index (κ1) is 28.1. The predicted octanol–water partition coefficient (Wildman–Crippen LogP) is 8.19. The highest BCUT2D eigenvalue weighted by atomic mass is 35.5. The molecule has 2 atom stereocenters. The third-order valence-corrected chi connectivity index (χ3v) is 9.11. The molecular weight excluding hydrogens is 606 g/mol. The average Bonchev–Trinajstić information content (AvgIpc) is 3.17. The van der Waals surface area contributed by atoms with E-state index in [1.165, 1.54) is 4.90 Å². The van der Waals surface area contributed by atoms with Crippen molar-refractivity contribution in [1.29, 1.82) is 0 Å². The molecular formula is C28H21Cl5N2O4. The molecule has 11 heteroatoms. The Kier molecular flexibility index (Phi) is 7.79. The van der Waals surface area contributed by atoms with Crippen LogP contribution in [0.25, 0.3) is 0 Å². The van der Waals surface area contributed by atoms with Crippen molar-refractivity contribution in [3.05, 3.63) is 89.8 Å². The number of hydrogen-bond donors (Lipinski definition) is 0. The number of carbonyl (C=O) groups is 3. The van der Waals surface area contributed by atoms with Crippen LogP contribution in [0.5, 0.6) is 5.75 Å². The highest BCUT2D eigenvalue weighted by Crippen LogP contribution is 2.49. The molecule has 0 unspecified atom stereocenters. The molecule has 0 radical (unpaired) electrons. The van der Waals surface area contributed by atoms with Gasteiger partial charge in [0.15, 0.2) is 0 Å². The summed E-state index contributed by atoms with van der Waals surface area (Å²) in [6, 6.07) is 10.5. The van der Waals surface area contributed by atoms with E-state index in [1.807, 2.05) is 6.92 Å². The van der Waals surface area contributed by atoms with Gasteiger partial charge in [0.05, 0.1) is 43.9 Å². The summed E-state index contributed by atoms with van der Waals surface area (Å²) in [7, 11) is 0. The largest absolute Gasteiger partial charge is 0.494 e. The number of unbranched alkanes of at least 4 members (excludes halogenated alkanes) is 1. The summed E-state index contributed by atoms with van der Waals surface area (Å²) in [5, 5.41) is -0.194. The molecule has 3 aromatic carbocycles. The molecule has 1 fully saturated rings. The third kappa shape index (κ3) is 4.56. The number of nitrogens with zero attached hydrogens (tertiary/aromatic N) is 2. The molecule has 0 spiro atoms. The molecule has 6 nitrogen and oxygen atoms in total. The van der Waals surface area contributed by atoms with Crippen LogP contribution in [0.1, 0.15) is 57.7 Å². The molecule has 5 rings (SSSR count). The number of imide groups is 1. The second-order valence-electron chi connectivity index (χ2n) is 9.29. The molecule has 39 heavy (non-hydrogen) atoms. The number of anilines is 1. The Morgan fingerprint density at radius 3 is 1.90 bits per heavy atom. The summed E-state index contributed by atoms with van der Waals surface area (Å²) in [4.78, 5) is 43.3. The fourth-order valence-corrected chi connectivity index (χ4v) is 5.98. The van der Waals surface area contributed by atoms with Gasteiger partial charge < -0.3 is 9.64 Å². The Balaban J connectivity index is 1.57. The number of hydrogen-bond acceptors (Lipinski definition) is 4. The standard InChI is InChI=1S/C28H21Cl5N2O4/c1-3-4-11-39-16-9-6-14(7-10-16)24-25(28(38)34(24)15-8-5-13(2)17(29)12-15)35-26(36)18-19(27(35)37)21(31)23(33)22(32)20(18)30/h5-10,12,24-25H,3-4,11H2,1-2H3/t24-,25-/m1/s1. The van der Waals surface area contributed by atoms with Crippen LogP contribution >= 0.6 is 58.0 Å². The predicted molar refractivity (Wildman–Crippen MR) is 154 cm³/mol. The molecule has 3 aromatic rings. The number of benzene rings is 3. The minimum Gasteiger partial charge on any atom is -0.494 e. The molecule has 2 aliphatic heterocycles. The second kappa shape index (κ2) is 10.8. The molecule has 0 bridgehead atoms. The number of fused-ring (bicyclic) bond motifs is 1. The third-order valence-electron chi connectivity index (χ3n) is 6.90. The van der Waals surface area contributed by atoms with Gasteiger partial charge >= 0.3 is 0 Å². The van der Waals surface area contributed by atoms with Crippen molar-refractivity contribution in [3.8, 4) is 5.75 Å². The number of aryl methyl sites for hydroxylation is 1. The average molecular weight is 627 g/mol. The molecule has 2 aliphatic rings. The first-order valence-corrected chi connectivity index (χ1v) is 14.0. The van der Waals surface area contributed by atoms with Gasteiger partial charge in [-0.25, -0.2) is 0 Å². The van der Waals surface area contributed by atoms with Gasteiger partial charge in [0.25, 0.3) is 17.7 Å². The summed E-state index contributed by atoms with van der Waals surface area (Å²) in [6.07, 6.45) is 1.92. The Morgan fingerprint density at radius 2 is 1.36 bits per heavy atom. The molecule has 0 aromatic heterocycles. The van der Waals surface area contributed by atoms with E-state index in [0.717, 1.165) is 23.3 Å². The highest BCUT2D eigenvalue weighted by Gasteiger charge is 2.58. The van der Waals surface area contributed by atoms with E-state index in [9.17, 15) is 14.4 Å². The van der Waals surface area contributed by atoms with E-state index >= 15 is 0 Å². The van der Waals surface area contributed by atoms with Gasteiger partial charge in [-0.05, 0) is 48.7 Å². The van der Waals surface area contributed by atoms with Gasteiger partial charge in [-0.1, -0.05) is 89.5 Å². The van der Waals surface area contributed by atoms with Crippen LogP contribution in [-0.2, 0) is 4.79 Å². The van der Waals surface area contributed by atoms with E-state index in [-0.39, 0.29) is 31.2 Å². The zero-order valence-corrected chi connectivity index (χ0v) is 24.5. The van der Waals surface area contributed by atoms with Gasteiger partial charge in [0, 0.05) is 10.7 Å². The highest BCUT2D eigenvalue weighted by molar-refractivity contribution is 6.55. The number of rotatable bonds is 7. The van der Waals surface area contributed by atoms with E-state index in [1.54, 1.807) is 42.5 Å². The lowest BCUT2D eigenvalue weighted by molar-refractivity contribution is -0.130. The van der Waals surface area contributed by atoms with Crippen molar-refractivity contribution in [3.63, 3.8) is 0 Å². The van der Waals surface area contributed by atoms with Crippen LogP contribution in [0.3, 0.4) is 0 Å². The maximum atomic E-state index is 13.7. The zero-order chi connectivity index (χ0) is 28.2. The maximum absolute atomic E-state index is 13.7. The minimum atomic E-state index is -1.17. The van der Waals surface area contributed by atoms with Gasteiger partial charge in [0.1, 0.15) is 11.8 Å².